The van der Waals surface area contributed by atoms with Crippen molar-refractivity contribution in [3.8, 4) is 0 Å². The van der Waals surface area contributed by atoms with Gasteiger partial charge in [-0.2, -0.15) is 5.10 Å². The molecule has 2 aliphatic carbocycles. The molecule has 1 aliphatic heterocycles. The fraction of sp³-hybridized carbons (Fsp3) is 0.714. The number of pyridine rings is 1. The number of hydrogen-bond acceptors (Lipinski definition) is 4. The minimum atomic E-state index is 0.0632. The van der Waals surface area contributed by atoms with E-state index < -0.39 is 0 Å². The lowest BCUT2D eigenvalue weighted by molar-refractivity contribution is 0.327. The molecule has 2 atom stereocenters. The SMILES string of the molecule is O=c1[nH]c2n[nH]c(C3NCCC3CCCNC3CCC3)c2c2c1CCCC2. The third-order valence-corrected chi connectivity index (χ3v) is 7.02. The first-order valence-electron chi connectivity index (χ1n) is 10.9. The Kier molecular flexibility index (Phi) is 4.78. The minimum Gasteiger partial charge on any atom is -0.314 e. The molecule has 0 bridgehead atoms. The molecule has 1 saturated carbocycles. The summed E-state index contributed by atoms with van der Waals surface area (Å²) in [6.07, 6.45) is 12.0. The number of nitrogens with zero attached hydrogens (tertiary/aromatic N) is 1. The number of nitrogens with one attached hydrogen (secondary N) is 4. The van der Waals surface area contributed by atoms with Crippen molar-refractivity contribution in [1.82, 2.24) is 25.8 Å². The van der Waals surface area contributed by atoms with Crippen LogP contribution in [0, 0.1) is 5.92 Å². The Balaban J connectivity index is 1.36. The number of aromatic nitrogens is 3. The molecule has 0 amide bonds. The van der Waals surface area contributed by atoms with Crippen molar-refractivity contribution >= 4 is 11.0 Å². The van der Waals surface area contributed by atoms with E-state index in [0.29, 0.717) is 12.0 Å². The van der Waals surface area contributed by atoms with Crippen LogP contribution in [0.15, 0.2) is 4.79 Å². The van der Waals surface area contributed by atoms with Gasteiger partial charge in [0.15, 0.2) is 5.65 Å². The first kappa shape index (κ1) is 17.4. The summed E-state index contributed by atoms with van der Waals surface area (Å²) in [7, 11) is 0. The van der Waals surface area contributed by atoms with E-state index in [1.165, 1.54) is 61.6 Å². The maximum atomic E-state index is 12.4. The van der Waals surface area contributed by atoms with Crippen molar-refractivity contribution in [2.24, 2.45) is 5.92 Å². The summed E-state index contributed by atoms with van der Waals surface area (Å²) in [4.78, 5) is 15.4. The van der Waals surface area contributed by atoms with Crippen molar-refractivity contribution in [3.63, 3.8) is 0 Å². The van der Waals surface area contributed by atoms with E-state index in [4.69, 9.17) is 0 Å². The Hall–Kier alpha value is -1.66. The molecule has 0 aromatic carbocycles. The topological polar surface area (TPSA) is 85.6 Å². The van der Waals surface area contributed by atoms with Crippen LogP contribution in [0.5, 0.6) is 0 Å². The summed E-state index contributed by atoms with van der Waals surface area (Å²) in [5, 5.41) is 16.4. The Morgan fingerprint density at radius 2 is 1.93 bits per heavy atom. The summed E-state index contributed by atoms with van der Waals surface area (Å²) < 4.78 is 0. The standard InChI is InChI=1S/C21H31N5O/c27-21-16-9-2-1-8-15(16)17-19(25-26-20(17)24-21)18-13(10-12-23-18)5-4-11-22-14-6-3-7-14/h13-14,18,22-23H,1-12H2,(H2,24,25,26,27). The van der Waals surface area contributed by atoms with E-state index in [-0.39, 0.29) is 5.56 Å². The smallest absolute Gasteiger partial charge is 0.253 e. The van der Waals surface area contributed by atoms with Crippen molar-refractivity contribution in [2.45, 2.75) is 76.3 Å². The normalized spacial score (nSPS) is 25.6. The molecule has 2 unspecified atom stereocenters. The van der Waals surface area contributed by atoms with Crippen LogP contribution < -0.4 is 16.2 Å². The van der Waals surface area contributed by atoms with Gasteiger partial charge in [-0.3, -0.25) is 9.89 Å². The van der Waals surface area contributed by atoms with Gasteiger partial charge in [0, 0.05) is 17.0 Å². The third-order valence-electron chi connectivity index (χ3n) is 7.02. The lowest BCUT2D eigenvalue weighted by Crippen LogP contribution is -2.35. The van der Waals surface area contributed by atoms with Gasteiger partial charge >= 0.3 is 0 Å². The molecule has 2 aromatic heterocycles. The number of rotatable bonds is 6. The zero-order chi connectivity index (χ0) is 18.2. The molecule has 0 spiro atoms. The van der Waals surface area contributed by atoms with Crippen molar-refractivity contribution in [3.05, 3.63) is 27.2 Å². The molecule has 0 radical (unpaired) electrons. The fourth-order valence-corrected chi connectivity index (χ4v) is 5.28. The van der Waals surface area contributed by atoms with E-state index in [1.807, 2.05) is 0 Å². The maximum Gasteiger partial charge on any atom is 0.253 e. The predicted octanol–water partition coefficient (Wildman–Crippen LogP) is 2.70. The van der Waals surface area contributed by atoms with Crippen molar-refractivity contribution < 1.29 is 0 Å². The molecule has 27 heavy (non-hydrogen) atoms. The highest BCUT2D eigenvalue weighted by Crippen LogP contribution is 2.37. The zero-order valence-electron chi connectivity index (χ0n) is 16.1. The van der Waals surface area contributed by atoms with Crippen LogP contribution in [0.3, 0.4) is 0 Å². The molecule has 3 heterocycles. The first-order valence-corrected chi connectivity index (χ1v) is 10.9. The van der Waals surface area contributed by atoms with Crippen molar-refractivity contribution in [2.75, 3.05) is 13.1 Å². The van der Waals surface area contributed by atoms with Crippen LogP contribution >= 0.6 is 0 Å². The third kappa shape index (κ3) is 3.23. The van der Waals surface area contributed by atoms with Gasteiger partial charge in [0.2, 0.25) is 0 Å². The second kappa shape index (κ2) is 7.40. The van der Waals surface area contributed by atoms with Crippen LogP contribution in [-0.2, 0) is 12.8 Å². The molecule has 3 aliphatic rings. The van der Waals surface area contributed by atoms with E-state index in [1.54, 1.807) is 0 Å². The summed E-state index contributed by atoms with van der Waals surface area (Å²) in [6, 6.07) is 1.11. The lowest BCUT2D eigenvalue weighted by atomic mass is 9.87. The Labute approximate surface area is 159 Å². The van der Waals surface area contributed by atoms with Crippen LogP contribution in [0.25, 0.3) is 11.0 Å². The van der Waals surface area contributed by atoms with Crippen LogP contribution in [0.1, 0.15) is 74.2 Å². The molecular weight excluding hydrogens is 338 g/mol. The lowest BCUT2D eigenvalue weighted by Gasteiger charge is -2.27. The number of H-pyrrole nitrogens is 2. The second-order valence-electron chi connectivity index (χ2n) is 8.68. The first-order chi connectivity index (χ1) is 13.3. The monoisotopic (exact) mass is 369 g/mol. The van der Waals surface area contributed by atoms with Crippen LogP contribution in [0.2, 0.25) is 0 Å². The molecule has 6 heteroatoms. The van der Waals surface area contributed by atoms with Gasteiger partial charge in [-0.05, 0) is 82.4 Å². The Morgan fingerprint density at radius 3 is 2.74 bits per heavy atom. The molecule has 2 fully saturated rings. The molecule has 4 N–H and O–H groups in total. The highest BCUT2D eigenvalue weighted by molar-refractivity contribution is 5.83. The van der Waals surface area contributed by atoms with Gasteiger partial charge < -0.3 is 15.6 Å². The number of hydrogen-bond donors (Lipinski definition) is 4. The summed E-state index contributed by atoms with van der Waals surface area (Å²) in [6.45, 7) is 2.21. The average molecular weight is 370 g/mol. The quantitative estimate of drug-likeness (QED) is 0.590. The maximum absolute atomic E-state index is 12.4. The van der Waals surface area contributed by atoms with Crippen LogP contribution in [0.4, 0.5) is 0 Å². The Morgan fingerprint density at radius 1 is 1.07 bits per heavy atom. The summed E-state index contributed by atoms with van der Waals surface area (Å²) >= 11 is 0. The van der Waals surface area contributed by atoms with Gasteiger partial charge in [-0.1, -0.05) is 6.42 Å². The Bertz CT molecular complexity index is 865. The van der Waals surface area contributed by atoms with Gasteiger partial charge in [-0.15, -0.1) is 0 Å². The molecule has 1 saturated heterocycles. The van der Waals surface area contributed by atoms with Gasteiger partial charge in [-0.25, -0.2) is 0 Å². The highest BCUT2D eigenvalue weighted by Gasteiger charge is 2.32. The second-order valence-corrected chi connectivity index (χ2v) is 8.68. The fourth-order valence-electron chi connectivity index (χ4n) is 5.28. The summed E-state index contributed by atoms with van der Waals surface area (Å²) in [5.41, 5.74) is 4.26. The number of aryl methyl sites for hydroxylation is 1. The molecule has 5 rings (SSSR count). The number of fused-ring (bicyclic) bond motifs is 3. The van der Waals surface area contributed by atoms with E-state index >= 15 is 0 Å². The minimum absolute atomic E-state index is 0.0632. The van der Waals surface area contributed by atoms with Gasteiger partial charge in [0.1, 0.15) is 0 Å². The van der Waals surface area contributed by atoms with E-state index in [0.717, 1.165) is 49.6 Å². The van der Waals surface area contributed by atoms with Crippen molar-refractivity contribution in [1.29, 1.82) is 0 Å². The highest BCUT2D eigenvalue weighted by atomic mass is 16.1. The van der Waals surface area contributed by atoms with Crippen LogP contribution in [-0.4, -0.2) is 34.3 Å². The molecule has 2 aromatic rings. The van der Waals surface area contributed by atoms with Gasteiger partial charge in [0.25, 0.3) is 5.56 Å². The van der Waals surface area contributed by atoms with E-state index in [9.17, 15) is 4.79 Å². The number of aromatic amines is 2. The largest absolute Gasteiger partial charge is 0.314 e. The average Bonchev–Trinajstić information content (AvgIpc) is 3.26. The zero-order valence-corrected chi connectivity index (χ0v) is 16.1. The van der Waals surface area contributed by atoms with Gasteiger partial charge in [0.05, 0.1) is 11.7 Å². The molecule has 146 valence electrons. The van der Waals surface area contributed by atoms with E-state index in [2.05, 4.69) is 25.8 Å². The molecule has 6 nitrogen and oxygen atoms in total. The predicted molar refractivity (Wildman–Crippen MR) is 107 cm³/mol. The molecular formula is C21H31N5O. The summed E-state index contributed by atoms with van der Waals surface area (Å²) in [5.74, 6) is 0.642.